The standard InChI is InChI=1S/C39H37N3O4S/c1-26-34(36(43)41-30-13-9-6-10-14-30)35(28-11-7-5-8-12-28)42-37(44)33(47-38(42)40-26)25-27-15-19-31(20-16-27)45-23-24-46-32-21-17-29(18-22-32)39(2,3)4/h5-22,25,35H,23-24H2,1-4H3,(H,41,43)/b33-25+. The lowest BCUT2D eigenvalue weighted by Crippen LogP contribution is -2.40. The van der Waals surface area contributed by atoms with Crippen LogP contribution in [0.25, 0.3) is 6.08 Å². The minimum Gasteiger partial charge on any atom is -0.490 e. The van der Waals surface area contributed by atoms with Crippen LogP contribution in [0.2, 0.25) is 0 Å². The molecule has 1 unspecified atom stereocenters. The predicted octanol–water partition coefficient (Wildman–Crippen LogP) is 6.63. The minimum atomic E-state index is -0.618. The van der Waals surface area contributed by atoms with Gasteiger partial charge in [-0.2, -0.15) is 0 Å². The van der Waals surface area contributed by atoms with Crippen molar-refractivity contribution in [1.29, 1.82) is 0 Å². The molecule has 1 aliphatic rings. The van der Waals surface area contributed by atoms with Gasteiger partial charge in [0.25, 0.3) is 11.5 Å². The summed E-state index contributed by atoms with van der Waals surface area (Å²) in [6.07, 6.45) is 1.85. The van der Waals surface area contributed by atoms with Crippen molar-refractivity contribution in [3.63, 3.8) is 0 Å². The zero-order chi connectivity index (χ0) is 33.0. The summed E-state index contributed by atoms with van der Waals surface area (Å²) in [4.78, 5) is 32.9. The number of amides is 1. The van der Waals surface area contributed by atoms with Crippen molar-refractivity contribution in [3.8, 4) is 11.5 Å². The van der Waals surface area contributed by atoms with Crippen molar-refractivity contribution in [2.24, 2.45) is 4.99 Å². The summed E-state index contributed by atoms with van der Waals surface area (Å²) in [5.41, 5.74) is 4.53. The number of nitrogens with zero attached hydrogens (tertiary/aromatic N) is 2. The number of carbonyl (C=O) groups is 1. The van der Waals surface area contributed by atoms with E-state index in [1.807, 2.05) is 110 Å². The number of benzene rings is 4. The average molecular weight is 644 g/mol. The third-order valence-electron chi connectivity index (χ3n) is 7.93. The van der Waals surface area contributed by atoms with Gasteiger partial charge in [0, 0.05) is 5.69 Å². The molecule has 0 fully saturated rings. The van der Waals surface area contributed by atoms with Crippen LogP contribution in [0.1, 0.15) is 50.4 Å². The molecule has 6 rings (SSSR count). The van der Waals surface area contributed by atoms with Gasteiger partial charge in [0.1, 0.15) is 24.7 Å². The number of hydrogen-bond acceptors (Lipinski definition) is 6. The van der Waals surface area contributed by atoms with E-state index in [1.54, 1.807) is 4.57 Å². The Balaban J connectivity index is 1.19. The molecular formula is C39H37N3O4S. The summed E-state index contributed by atoms with van der Waals surface area (Å²) < 4.78 is 13.9. The van der Waals surface area contributed by atoms with Gasteiger partial charge in [-0.15, -0.1) is 0 Å². The Hall–Kier alpha value is -5.21. The van der Waals surface area contributed by atoms with Gasteiger partial charge in [-0.1, -0.05) is 105 Å². The van der Waals surface area contributed by atoms with Crippen LogP contribution in [0.3, 0.4) is 0 Å². The van der Waals surface area contributed by atoms with E-state index in [4.69, 9.17) is 14.5 Å². The molecule has 0 aliphatic carbocycles. The molecular weight excluding hydrogens is 607 g/mol. The number of ether oxygens (including phenoxy) is 2. The second-order valence-electron chi connectivity index (χ2n) is 12.4. The highest BCUT2D eigenvalue weighted by Gasteiger charge is 2.32. The van der Waals surface area contributed by atoms with Gasteiger partial charge >= 0.3 is 0 Å². The Morgan fingerprint density at radius 2 is 1.43 bits per heavy atom. The number of allylic oxidation sites excluding steroid dienone is 1. The van der Waals surface area contributed by atoms with E-state index < -0.39 is 6.04 Å². The number of fused-ring (bicyclic) bond motifs is 1. The SMILES string of the molecule is CC1=C(C(=O)Nc2ccccc2)C(c2ccccc2)n2c(s/c(=C/c3ccc(OCCOc4ccc(C(C)(C)C)cc4)cc3)c2=O)=N1. The molecule has 1 amide bonds. The van der Waals surface area contributed by atoms with Gasteiger partial charge in [0.15, 0.2) is 4.80 Å². The fourth-order valence-electron chi connectivity index (χ4n) is 5.46. The number of para-hydroxylation sites is 1. The molecule has 0 spiro atoms. The molecule has 1 aromatic heterocycles. The van der Waals surface area contributed by atoms with E-state index in [-0.39, 0.29) is 16.9 Å². The Morgan fingerprint density at radius 3 is 2.02 bits per heavy atom. The Labute approximate surface area is 278 Å². The summed E-state index contributed by atoms with van der Waals surface area (Å²) in [5.74, 6) is 1.23. The van der Waals surface area contributed by atoms with Crippen molar-refractivity contribution in [1.82, 2.24) is 4.57 Å². The van der Waals surface area contributed by atoms with E-state index in [2.05, 4.69) is 38.2 Å². The molecule has 0 bridgehead atoms. The van der Waals surface area contributed by atoms with E-state index >= 15 is 0 Å². The molecule has 4 aromatic carbocycles. The molecule has 0 saturated carbocycles. The molecule has 1 atom stereocenters. The number of carbonyl (C=O) groups excluding carboxylic acids is 1. The normalized spacial score (nSPS) is 14.7. The first-order chi connectivity index (χ1) is 22.7. The number of hydrogen-bond donors (Lipinski definition) is 1. The van der Waals surface area contributed by atoms with Crippen LogP contribution in [0.15, 0.2) is 130 Å². The van der Waals surface area contributed by atoms with E-state index in [1.165, 1.54) is 16.9 Å². The minimum absolute atomic E-state index is 0.0999. The maximum Gasteiger partial charge on any atom is 0.271 e. The van der Waals surface area contributed by atoms with Crippen molar-refractivity contribution in [3.05, 3.63) is 157 Å². The van der Waals surface area contributed by atoms with E-state index in [0.29, 0.717) is 45.3 Å². The fraction of sp³-hybridized carbons (Fsp3) is 0.205. The highest BCUT2D eigenvalue weighted by molar-refractivity contribution is 7.07. The van der Waals surface area contributed by atoms with Crippen molar-refractivity contribution < 1.29 is 14.3 Å². The van der Waals surface area contributed by atoms with Crippen LogP contribution in [-0.4, -0.2) is 23.7 Å². The summed E-state index contributed by atoms with van der Waals surface area (Å²) in [6, 6.07) is 34.0. The van der Waals surface area contributed by atoms with Crippen LogP contribution in [0.4, 0.5) is 5.69 Å². The Kier molecular flexibility index (Phi) is 9.22. The number of thiazole rings is 1. The molecule has 7 nitrogen and oxygen atoms in total. The van der Waals surface area contributed by atoms with Gasteiger partial charge in [0.2, 0.25) is 0 Å². The molecule has 47 heavy (non-hydrogen) atoms. The highest BCUT2D eigenvalue weighted by Crippen LogP contribution is 2.31. The third kappa shape index (κ3) is 7.28. The molecule has 5 aromatic rings. The first-order valence-corrected chi connectivity index (χ1v) is 16.4. The molecule has 0 saturated heterocycles. The largest absolute Gasteiger partial charge is 0.490 e. The maximum atomic E-state index is 13.9. The molecule has 1 aliphatic heterocycles. The predicted molar refractivity (Wildman–Crippen MR) is 188 cm³/mol. The molecule has 238 valence electrons. The third-order valence-corrected chi connectivity index (χ3v) is 8.92. The lowest BCUT2D eigenvalue weighted by atomic mass is 9.87. The smallest absolute Gasteiger partial charge is 0.271 e. The fourth-order valence-corrected chi connectivity index (χ4v) is 6.51. The van der Waals surface area contributed by atoms with Crippen LogP contribution in [-0.2, 0) is 10.2 Å². The second kappa shape index (κ2) is 13.6. The summed E-state index contributed by atoms with van der Waals surface area (Å²) in [5, 5.41) is 2.98. The van der Waals surface area contributed by atoms with E-state index in [9.17, 15) is 9.59 Å². The van der Waals surface area contributed by atoms with Crippen molar-refractivity contribution >= 4 is 29.0 Å². The van der Waals surface area contributed by atoms with Gasteiger partial charge in [-0.05, 0) is 71.5 Å². The summed E-state index contributed by atoms with van der Waals surface area (Å²) in [6.45, 7) is 9.20. The average Bonchev–Trinajstić information content (AvgIpc) is 3.37. The molecule has 2 heterocycles. The van der Waals surface area contributed by atoms with Crippen LogP contribution in [0, 0.1) is 0 Å². The van der Waals surface area contributed by atoms with Gasteiger partial charge in [-0.3, -0.25) is 14.2 Å². The summed E-state index contributed by atoms with van der Waals surface area (Å²) >= 11 is 1.31. The molecule has 8 heteroatoms. The Morgan fingerprint density at radius 1 is 0.851 bits per heavy atom. The zero-order valence-corrected chi connectivity index (χ0v) is 27.7. The van der Waals surface area contributed by atoms with Crippen molar-refractivity contribution in [2.75, 3.05) is 18.5 Å². The van der Waals surface area contributed by atoms with E-state index in [0.717, 1.165) is 16.9 Å². The zero-order valence-electron chi connectivity index (χ0n) is 26.9. The molecule has 0 radical (unpaired) electrons. The monoisotopic (exact) mass is 643 g/mol. The Bertz CT molecular complexity index is 2070. The van der Waals surface area contributed by atoms with Crippen molar-refractivity contribution in [2.45, 2.75) is 39.2 Å². The first-order valence-electron chi connectivity index (χ1n) is 15.6. The van der Waals surface area contributed by atoms with Gasteiger partial charge in [0.05, 0.1) is 21.8 Å². The number of nitrogens with one attached hydrogen (secondary N) is 1. The number of rotatable bonds is 9. The topological polar surface area (TPSA) is 81.9 Å². The van der Waals surface area contributed by atoms with Gasteiger partial charge < -0.3 is 14.8 Å². The second-order valence-corrected chi connectivity index (χ2v) is 13.4. The first kappa shape index (κ1) is 31.8. The summed E-state index contributed by atoms with van der Waals surface area (Å²) in [7, 11) is 0. The van der Waals surface area contributed by atoms with Crippen LogP contribution < -0.4 is 29.7 Å². The van der Waals surface area contributed by atoms with Crippen LogP contribution >= 0.6 is 11.3 Å². The lowest BCUT2D eigenvalue weighted by molar-refractivity contribution is -0.113. The lowest BCUT2D eigenvalue weighted by Gasteiger charge is -2.25. The highest BCUT2D eigenvalue weighted by atomic mass is 32.1. The number of anilines is 1. The van der Waals surface area contributed by atoms with Crippen LogP contribution in [0.5, 0.6) is 11.5 Å². The molecule has 1 N–H and O–H groups in total. The number of aromatic nitrogens is 1. The van der Waals surface area contributed by atoms with Gasteiger partial charge in [-0.25, -0.2) is 4.99 Å². The quantitative estimate of drug-likeness (QED) is 0.183. The maximum absolute atomic E-state index is 13.9.